The summed E-state index contributed by atoms with van der Waals surface area (Å²) >= 11 is 5.58. The smallest absolute Gasteiger partial charge is 0.276 e. The Morgan fingerprint density at radius 2 is 1.84 bits per heavy atom. The van der Waals surface area contributed by atoms with E-state index in [4.69, 9.17) is 16.3 Å². The first-order valence-electron chi connectivity index (χ1n) is 6.78. The van der Waals surface area contributed by atoms with Gasteiger partial charge in [0.05, 0.1) is 9.95 Å². The largest absolute Gasteiger partial charge is 0.484 e. The number of halogens is 2. The Morgan fingerprint density at radius 1 is 1.16 bits per heavy atom. The number of hydrogen-bond acceptors (Lipinski definition) is 5. The van der Waals surface area contributed by atoms with Crippen molar-refractivity contribution in [2.24, 2.45) is 0 Å². The number of nitro groups is 1. The maximum absolute atomic E-state index is 13.0. The van der Waals surface area contributed by atoms with Crippen LogP contribution in [0.15, 0.2) is 42.5 Å². The maximum Gasteiger partial charge on any atom is 0.276 e. The molecule has 0 aliphatic carbocycles. The number of nitro benzene ring substituents is 1. The first-order chi connectivity index (χ1) is 11.9. The normalized spacial score (nSPS) is 10.0. The summed E-state index contributed by atoms with van der Waals surface area (Å²) in [5, 5.41) is 10.4. The summed E-state index contributed by atoms with van der Waals surface area (Å²) in [6.45, 7) is -0.442. The van der Waals surface area contributed by atoms with Crippen molar-refractivity contribution < 1.29 is 23.6 Å². The van der Waals surface area contributed by atoms with Crippen LogP contribution >= 0.6 is 11.6 Å². The highest BCUT2D eigenvalue weighted by Gasteiger charge is 2.11. The van der Waals surface area contributed by atoms with Crippen molar-refractivity contribution in [3.05, 3.63) is 69.0 Å². The molecule has 8 nitrogen and oxygen atoms in total. The number of hydrazine groups is 1. The van der Waals surface area contributed by atoms with Gasteiger partial charge in [0.2, 0.25) is 0 Å². The zero-order valence-electron chi connectivity index (χ0n) is 12.5. The molecule has 0 heterocycles. The van der Waals surface area contributed by atoms with Crippen LogP contribution in [0.2, 0.25) is 5.02 Å². The predicted molar refractivity (Wildman–Crippen MR) is 85.6 cm³/mol. The summed E-state index contributed by atoms with van der Waals surface area (Å²) in [7, 11) is 0. The maximum atomic E-state index is 13.0. The molecular formula is C15H11ClFN3O5. The van der Waals surface area contributed by atoms with Crippen LogP contribution in [0.25, 0.3) is 0 Å². The molecular weight excluding hydrogens is 357 g/mol. The van der Waals surface area contributed by atoms with Crippen molar-refractivity contribution in [1.82, 2.24) is 10.9 Å². The highest BCUT2D eigenvalue weighted by atomic mass is 35.5. The lowest BCUT2D eigenvalue weighted by molar-refractivity contribution is -0.384. The molecule has 0 unspecified atom stereocenters. The van der Waals surface area contributed by atoms with Crippen LogP contribution in [0.3, 0.4) is 0 Å². The average molecular weight is 368 g/mol. The van der Waals surface area contributed by atoms with E-state index in [1.54, 1.807) is 0 Å². The predicted octanol–water partition coefficient (Wildman–Crippen LogP) is 2.23. The fraction of sp³-hybridized carbons (Fsp3) is 0.0667. The molecule has 0 atom stereocenters. The lowest BCUT2D eigenvalue weighted by atomic mass is 10.2. The van der Waals surface area contributed by atoms with Crippen LogP contribution in [0.4, 0.5) is 10.1 Å². The number of ether oxygens (including phenoxy) is 1. The molecule has 0 saturated heterocycles. The molecule has 0 fully saturated rings. The summed E-state index contributed by atoms with van der Waals surface area (Å²) in [5.41, 5.74) is 4.20. The second kappa shape index (κ2) is 8.06. The molecule has 130 valence electrons. The Labute approximate surface area is 145 Å². The molecule has 10 heteroatoms. The second-order valence-electron chi connectivity index (χ2n) is 4.67. The Morgan fingerprint density at radius 3 is 2.44 bits per heavy atom. The van der Waals surface area contributed by atoms with Crippen molar-refractivity contribution in [3.63, 3.8) is 0 Å². The summed E-state index contributed by atoms with van der Waals surface area (Å²) in [5.74, 6) is -1.76. The van der Waals surface area contributed by atoms with Gasteiger partial charge in [-0.05, 0) is 24.3 Å². The van der Waals surface area contributed by atoms with Crippen LogP contribution in [0.1, 0.15) is 10.4 Å². The topological polar surface area (TPSA) is 111 Å². The first kappa shape index (κ1) is 18.1. The SMILES string of the molecule is O=C(COc1ccc(F)c(Cl)c1)NNC(=O)c1ccc([N+](=O)[O-])cc1. The van der Waals surface area contributed by atoms with E-state index in [0.29, 0.717) is 0 Å². The zero-order chi connectivity index (χ0) is 18.4. The minimum absolute atomic E-state index is 0.122. The van der Waals surface area contributed by atoms with E-state index in [1.807, 2.05) is 0 Å². The Kier molecular flexibility index (Phi) is 5.85. The standard InChI is InChI=1S/C15H11ClFN3O5/c16-12-7-11(5-6-13(12)17)25-8-14(21)18-19-15(22)9-1-3-10(4-2-9)20(23)24/h1-7H,8H2,(H,18,21)(H,19,22). The molecule has 0 saturated carbocycles. The molecule has 25 heavy (non-hydrogen) atoms. The third-order valence-corrected chi connectivity index (χ3v) is 3.21. The van der Waals surface area contributed by atoms with Crippen molar-refractivity contribution in [1.29, 1.82) is 0 Å². The van der Waals surface area contributed by atoms with E-state index in [0.717, 1.165) is 18.2 Å². The van der Waals surface area contributed by atoms with Gasteiger partial charge in [-0.3, -0.25) is 30.6 Å². The fourth-order valence-electron chi connectivity index (χ4n) is 1.68. The van der Waals surface area contributed by atoms with Gasteiger partial charge < -0.3 is 4.74 Å². The third kappa shape index (κ3) is 5.15. The van der Waals surface area contributed by atoms with E-state index in [1.165, 1.54) is 24.3 Å². The summed E-state index contributed by atoms with van der Waals surface area (Å²) in [6.07, 6.45) is 0. The summed E-state index contributed by atoms with van der Waals surface area (Å²) in [6, 6.07) is 8.42. The highest BCUT2D eigenvalue weighted by Crippen LogP contribution is 2.20. The van der Waals surface area contributed by atoms with Gasteiger partial charge in [-0.1, -0.05) is 11.6 Å². The van der Waals surface area contributed by atoms with E-state index < -0.39 is 29.2 Å². The van der Waals surface area contributed by atoms with Crippen LogP contribution in [-0.4, -0.2) is 23.3 Å². The molecule has 0 bridgehead atoms. The van der Waals surface area contributed by atoms with Gasteiger partial charge in [0, 0.05) is 23.8 Å². The number of nitrogens with zero attached hydrogens (tertiary/aromatic N) is 1. The first-order valence-corrected chi connectivity index (χ1v) is 7.16. The number of non-ortho nitro benzene ring substituents is 1. The van der Waals surface area contributed by atoms with Crippen molar-refractivity contribution in [2.75, 3.05) is 6.61 Å². The lowest BCUT2D eigenvalue weighted by Crippen LogP contribution is -2.43. The number of carbonyl (C=O) groups excluding carboxylic acids is 2. The Balaban J connectivity index is 1.81. The molecule has 0 spiro atoms. The van der Waals surface area contributed by atoms with Crippen molar-refractivity contribution in [2.45, 2.75) is 0 Å². The molecule has 2 rings (SSSR count). The molecule has 2 amide bonds. The Bertz CT molecular complexity index is 813. The van der Waals surface area contributed by atoms with Gasteiger partial charge >= 0.3 is 0 Å². The molecule has 2 aromatic carbocycles. The number of benzene rings is 2. The quantitative estimate of drug-likeness (QED) is 0.622. The fourth-order valence-corrected chi connectivity index (χ4v) is 1.86. The van der Waals surface area contributed by atoms with Gasteiger partial charge in [-0.15, -0.1) is 0 Å². The van der Waals surface area contributed by atoms with Crippen LogP contribution in [0, 0.1) is 15.9 Å². The molecule has 0 aliphatic heterocycles. The van der Waals surface area contributed by atoms with Crippen molar-refractivity contribution in [3.8, 4) is 5.75 Å². The lowest BCUT2D eigenvalue weighted by Gasteiger charge is -2.09. The van der Waals surface area contributed by atoms with Gasteiger partial charge in [0.1, 0.15) is 11.6 Å². The summed E-state index contributed by atoms with van der Waals surface area (Å²) in [4.78, 5) is 33.3. The number of rotatable bonds is 5. The van der Waals surface area contributed by atoms with Crippen LogP contribution in [-0.2, 0) is 4.79 Å². The second-order valence-corrected chi connectivity index (χ2v) is 5.08. The van der Waals surface area contributed by atoms with Gasteiger partial charge in [-0.25, -0.2) is 4.39 Å². The third-order valence-electron chi connectivity index (χ3n) is 2.92. The van der Waals surface area contributed by atoms with Crippen LogP contribution < -0.4 is 15.6 Å². The zero-order valence-corrected chi connectivity index (χ0v) is 13.2. The van der Waals surface area contributed by atoms with Crippen molar-refractivity contribution >= 4 is 29.1 Å². The average Bonchev–Trinajstić information content (AvgIpc) is 2.60. The minimum Gasteiger partial charge on any atom is -0.484 e. The number of nitrogens with one attached hydrogen (secondary N) is 2. The molecule has 2 aromatic rings. The monoisotopic (exact) mass is 367 g/mol. The minimum atomic E-state index is -0.671. The van der Waals surface area contributed by atoms with Gasteiger partial charge in [0.25, 0.3) is 17.5 Å². The highest BCUT2D eigenvalue weighted by molar-refractivity contribution is 6.30. The number of carbonyl (C=O) groups is 2. The van der Waals surface area contributed by atoms with E-state index in [2.05, 4.69) is 10.9 Å². The molecule has 0 aromatic heterocycles. The molecule has 0 aliphatic rings. The van der Waals surface area contributed by atoms with E-state index in [9.17, 15) is 24.1 Å². The summed E-state index contributed by atoms with van der Waals surface area (Å²) < 4.78 is 18.1. The van der Waals surface area contributed by atoms with E-state index >= 15 is 0 Å². The number of amides is 2. The van der Waals surface area contributed by atoms with Crippen LogP contribution in [0.5, 0.6) is 5.75 Å². The van der Waals surface area contributed by atoms with Gasteiger partial charge in [-0.2, -0.15) is 0 Å². The van der Waals surface area contributed by atoms with Gasteiger partial charge in [0.15, 0.2) is 6.61 Å². The van der Waals surface area contributed by atoms with E-state index in [-0.39, 0.29) is 22.0 Å². The molecule has 2 N–H and O–H groups in total. The number of hydrogen-bond donors (Lipinski definition) is 2. The Hall–Kier alpha value is -3.20. The molecule has 0 radical (unpaired) electrons.